The van der Waals surface area contributed by atoms with E-state index in [2.05, 4.69) is 0 Å². The highest BCUT2D eigenvalue weighted by Crippen LogP contribution is 2.22. The van der Waals surface area contributed by atoms with Gasteiger partial charge in [0.1, 0.15) is 0 Å². The molecular formula is C19H26N2O3. The van der Waals surface area contributed by atoms with Crippen LogP contribution in [0.4, 0.5) is 0 Å². The van der Waals surface area contributed by atoms with Gasteiger partial charge in [-0.15, -0.1) is 0 Å². The van der Waals surface area contributed by atoms with Crippen LogP contribution in [-0.4, -0.2) is 59.0 Å². The Hall–Kier alpha value is -1.88. The number of nitrogens with zero attached hydrogens (tertiary/aromatic N) is 2. The molecule has 0 spiro atoms. The predicted octanol–water partition coefficient (Wildman–Crippen LogP) is 1.45. The van der Waals surface area contributed by atoms with Gasteiger partial charge in [0.2, 0.25) is 11.8 Å². The molecule has 130 valence electrons. The summed E-state index contributed by atoms with van der Waals surface area (Å²) in [5, 5.41) is 9.58. The number of benzene rings is 1. The first-order chi connectivity index (χ1) is 11.6. The molecule has 2 heterocycles. The highest BCUT2D eigenvalue weighted by molar-refractivity contribution is 5.82. The summed E-state index contributed by atoms with van der Waals surface area (Å²) in [5.41, 5.74) is 1.01. The second kappa shape index (κ2) is 7.79. The number of rotatable bonds is 3. The summed E-state index contributed by atoms with van der Waals surface area (Å²) >= 11 is 0. The van der Waals surface area contributed by atoms with Crippen LogP contribution < -0.4 is 0 Å². The molecule has 2 amide bonds. The van der Waals surface area contributed by atoms with E-state index in [1.807, 2.05) is 40.1 Å². The fraction of sp³-hybridized carbons (Fsp3) is 0.579. The number of hydrogen-bond acceptors (Lipinski definition) is 3. The van der Waals surface area contributed by atoms with Crippen molar-refractivity contribution in [2.45, 2.75) is 38.2 Å². The van der Waals surface area contributed by atoms with Crippen LogP contribution in [-0.2, 0) is 16.0 Å². The van der Waals surface area contributed by atoms with Gasteiger partial charge in [0.15, 0.2) is 0 Å². The molecule has 1 aromatic rings. The van der Waals surface area contributed by atoms with Crippen molar-refractivity contribution in [1.29, 1.82) is 0 Å². The average Bonchev–Trinajstić information content (AvgIpc) is 2.63. The third-order valence-electron chi connectivity index (χ3n) is 5.10. The van der Waals surface area contributed by atoms with Crippen LogP contribution in [0.5, 0.6) is 0 Å². The summed E-state index contributed by atoms with van der Waals surface area (Å²) in [7, 11) is 0. The topological polar surface area (TPSA) is 60.9 Å². The molecule has 1 aromatic carbocycles. The van der Waals surface area contributed by atoms with Crippen LogP contribution in [0.15, 0.2) is 30.3 Å². The Kier molecular flexibility index (Phi) is 5.51. The maximum atomic E-state index is 12.7. The lowest BCUT2D eigenvalue weighted by atomic mass is 9.94. The highest BCUT2D eigenvalue weighted by atomic mass is 16.3. The lowest BCUT2D eigenvalue weighted by Gasteiger charge is -2.37. The Morgan fingerprint density at radius 3 is 2.42 bits per heavy atom. The molecule has 0 saturated carbocycles. The fourth-order valence-corrected chi connectivity index (χ4v) is 3.63. The first kappa shape index (κ1) is 17.0. The molecule has 0 aromatic heterocycles. The molecule has 1 N–H and O–H groups in total. The molecule has 0 bridgehead atoms. The van der Waals surface area contributed by atoms with Crippen LogP contribution in [0.3, 0.4) is 0 Å². The van der Waals surface area contributed by atoms with Gasteiger partial charge in [-0.1, -0.05) is 30.3 Å². The van der Waals surface area contributed by atoms with E-state index in [1.165, 1.54) is 0 Å². The van der Waals surface area contributed by atoms with Gasteiger partial charge in [0, 0.05) is 26.2 Å². The fourth-order valence-electron chi connectivity index (χ4n) is 3.63. The smallest absolute Gasteiger partial charge is 0.227 e. The van der Waals surface area contributed by atoms with Crippen LogP contribution in [0.2, 0.25) is 0 Å². The normalized spacial score (nSPS) is 22.5. The van der Waals surface area contributed by atoms with Gasteiger partial charge in [-0.05, 0) is 31.2 Å². The molecule has 2 aliphatic rings. The minimum Gasteiger partial charge on any atom is -0.393 e. The minimum absolute atomic E-state index is 0.0892. The molecular weight excluding hydrogens is 304 g/mol. The van der Waals surface area contributed by atoms with E-state index >= 15 is 0 Å². The number of carbonyl (C=O) groups is 2. The van der Waals surface area contributed by atoms with Crippen molar-refractivity contribution < 1.29 is 14.7 Å². The zero-order valence-corrected chi connectivity index (χ0v) is 14.1. The van der Waals surface area contributed by atoms with Crippen molar-refractivity contribution in [2.24, 2.45) is 5.92 Å². The van der Waals surface area contributed by atoms with Crippen LogP contribution in [0.1, 0.15) is 31.2 Å². The molecule has 2 saturated heterocycles. The summed E-state index contributed by atoms with van der Waals surface area (Å²) < 4.78 is 0. The molecule has 1 unspecified atom stereocenters. The Bertz CT molecular complexity index is 567. The average molecular weight is 330 g/mol. The van der Waals surface area contributed by atoms with Gasteiger partial charge in [-0.25, -0.2) is 0 Å². The van der Waals surface area contributed by atoms with Gasteiger partial charge in [-0.2, -0.15) is 0 Å². The first-order valence-corrected chi connectivity index (χ1v) is 8.92. The lowest BCUT2D eigenvalue weighted by molar-refractivity contribution is -0.142. The van der Waals surface area contributed by atoms with Gasteiger partial charge < -0.3 is 14.9 Å². The third kappa shape index (κ3) is 4.15. The third-order valence-corrected chi connectivity index (χ3v) is 5.10. The molecule has 1 atom stereocenters. The lowest BCUT2D eigenvalue weighted by Crippen LogP contribution is -2.49. The Morgan fingerprint density at radius 2 is 1.71 bits per heavy atom. The molecule has 3 rings (SSSR count). The van der Waals surface area contributed by atoms with E-state index in [0.29, 0.717) is 38.9 Å². The number of amides is 2. The summed E-state index contributed by atoms with van der Waals surface area (Å²) in [6.45, 7) is 2.54. The van der Waals surface area contributed by atoms with Crippen molar-refractivity contribution in [3.63, 3.8) is 0 Å². The number of likely N-dealkylation sites (tertiary alicyclic amines) is 2. The van der Waals surface area contributed by atoms with E-state index in [1.54, 1.807) is 0 Å². The Balaban J connectivity index is 1.55. The summed E-state index contributed by atoms with van der Waals surface area (Å²) in [6, 6.07) is 9.75. The van der Waals surface area contributed by atoms with E-state index in [9.17, 15) is 14.7 Å². The second-order valence-corrected chi connectivity index (χ2v) is 6.90. The second-order valence-electron chi connectivity index (χ2n) is 6.90. The zero-order chi connectivity index (χ0) is 16.9. The standard InChI is InChI=1S/C19H26N2O3/c22-17-8-11-20(12-9-17)19(24)16-7-4-10-21(14-16)18(23)13-15-5-2-1-3-6-15/h1-3,5-6,16-17,22H,4,7-14H2. The maximum Gasteiger partial charge on any atom is 0.227 e. The van der Waals surface area contributed by atoms with Crippen molar-refractivity contribution in [3.05, 3.63) is 35.9 Å². The van der Waals surface area contributed by atoms with Crippen LogP contribution in [0, 0.1) is 5.92 Å². The van der Waals surface area contributed by atoms with Crippen molar-refractivity contribution in [3.8, 4) is 0 Å². The first-order valence-electron chi connectivity index (χ1n) is 8.92. The summed E-state index contributed by atoms with van der Waals surface area (Å²) in [5.74, 6) is 0.167. The molecule has 2 aliphatic heterocycles. The highest BCUT2D eigenvalue weighted by Gasteiger charge is 2.32. The maximum absolute atomic E-state index is 12.7. The molecule has 24 heavy (non-hydrogen) atoms. The van der Waals surface area contributed by atoms with Crippen molar-refractivity contribution in [2.75, 3.05) is 26.2 Å². The molecule has 2 fully saturated rings. The number of aliphatic hydroxyl groups excluding tert-OH is 1. The zero-order valence-electron chi connectivity index (χ0n) is 14.1. The SMILES string of the molecule is O=C(Cc1ccccc1)N1CCCC(C(=O)N2CCC(O)CC2)C1. The van der Waals surface area contributed by atoms with Crippen molar-refractivity contribution in [1.82, 2.24) is 9.80 Å². The molecule has 0 aliphatic carbocycles. The summed E-state index contributed by atoms with van der Waals surface area (Å²) in [6.07, 6.45) is 3.19. The van der Waals surface area contributed by atoms with Gasteiger partial charge >= 0.3 is 0 Å². The van der Waals surface area contributed by atoms with E-state index in [0.717, 1.165) is 24.9 Å². The van der Waals surface area contributed by atoms with Gasteiger partial charge in [0.05, 0.1) is 18.4 Å². The Morgan fingerprint density at radius 1 is 1.00 bits per heavy atom. The largest absolute Gasteiger partial charge is 0.393 e. The Labute approximate surface area is 143 Å². The molecule has 0 radical (unpaired) electrons. The van der Waals surface area contributed by atoms with Crippen LogP contribution in [0.25, 0.3) is 0 Å². The van der Waals surface area contributed by atoms with Gasteiger partial charge in [-0.3, -0.25) is 9.59 Å². The van der Waals surface area contributed by atoms with E-state index in [-0.39, 0.29) is 23.8 Å². The quantitative estimate of drug-likeness (QED) is 0.912. The van der Waals surface area contributed by atoms with Crippen LogP contribution >= 0.6 is 0 Å². The minimum atomic E-state index is -0.274. The summed E-state index contributed by atoms with van der Waals surface area (Å²) in [4.78, 5) is 28.9. The monoisotopic (exact) mass is 330 g/mol. The van der Waals surface area contributed by atoms with Gasteiger partial charge in [0.25, 0.3) is 0 Å². The van der Waals surface area contributed by atoms with E-state index in [4.69, 9.17) is 0 Å². The molecule has 5 nitrogen and oxygen atoms in total. The predicted molar refractivity (Wildman–Crippen MR) is 91.3 cm³/mol. The number of piperidine rings is 2. The molecule has 5 heteroatoms. The number of carbonyl (C=O) groups excluding carboxylic acids is 2. The number of hydrogen-bond donors (Lipinski definition) is 1. The number of aliphatic hydroxyl groups is 1. The van der Waals surface area contributed by atoms with E-state index < -0.39 is 0 Å². The van der Waals surface area contributed by atoms with Crippen molar-refractivity contribution >= 4 is 11.8 Å².